The van der Waals surface area contributed by atoms with Gasteiger partial charge in [-0.1, -0.05) is 6.07 Å². The van der Waals surface area contributed by atoms with E-state index in [0.29, 0.717) is 23.2 Å². The van der Waals surface area contributed by atoms with Crippen LogP contribution in [0, 0.1) is 6.92 Å². The summed E-state index contributed by atoms with van der Waals surface area (Å²) >= 11 is 0. The molecule has 0 atom stereocenters. The lowest BCUT2D eigenvalue weighted by molar-refractivity contribution is -0.116. The SMILES string of the molecule is CNCCCC(=O)Nc1cccc(C(N)=O)c1C. The summed E-state index contributed by atoms with van der Waals surface area (Å²) in [6.07, 6.45) is 1.22. The number of carbonyl (C=O) groups excluding carboxylic acids is 2. The summed E-state index contributed by atoms with van der Waals surface area (Å²) in [6, 6.07) is 5.11. The number of primary amides is 1. The number of anilines is 1. The monoisotopic (exact) mass is 249 g/mol. The summed E-state index contributed by atoms with van der Waals surface area (Å²) in [5.41, 5.74) is 7.03. The highest BCUT2D eigenvalue weighted by Crippen LogP contribution is 2.18. The molecule has 0 unspecified atom stereocenters. The summed E-state index contributed by atoms with van der Waals surface area (Å²) in [7, 11) is 1.85. The van der Waals surface area contributed by atoms with Crippen molar-refractivity contribution in [3.05, 3.63) is 29.3 Å². The zero-order valence-corrected chi connectivity index (χ0v) is 10.7. The molecule has 0 fully saturated rings. The van der Waals surface area contributed by atoms with Crippen molar-refractivity contribution in [3.63, 3.8) is 0 Å². The van der Waals surface area contributed by atoms with E-state index in [4.69, 9.17) is 5.73 Å². The number of amides is 2. The minimum Gasteiger partial charge on any atom is -0.366 e. The van der Waals surface area contributed by atoms with E-state index in [1.807, 2.05) is 7.05 Å². The van der Waals surface area contributed by atoms with Crippen molar-refractivity contribution in [2.75, 3.05) is 18.9 Å². The van der Waals surface area contributed by atoms with Crippen LogP contribution in [0.4, 0.5) is 5.69 Å². The summed E-state index contributed by atoms with van der Waals surface area (Å²) < 4.78 is 0. The van der Waals surface area contributed by atoms with Crippen molar-refractivity contribution >= 4 is 17.5 Å². The van der Waals surface area contributed by atoms with Gasteiger partial charge in [0.2, 0.25) is 11.8 Å². The first-order valence-corrected chi connectivity index (χ1v) is 5.90. The highest BCUT2D eigenvalue weighted by Gasteiger charge is 2.10. The molecule has 0 aliphatic rings. The average molecular weight is 249 g/mol. The molecule has 98 valence electrons. The maximum atomic E-state index is 11.7. The van der Waals surface area contributed by atoms with Crippen LogP contribution < -0.4 is 16.4 Å². The van der Waals surface area contributed by atoms with Gasteiger partial charge in [0, 0.05) is 17.7 Å². The fraction of sp³-hybridized carbons (Fsp3) is 0.385. The topological polar surface area (TPSA) is 84.2 Å². The number of hydrogen-bond acceptors (Lipinski definition) is 3. The normalized spacial score (nSPS) is 10.1. The highest BCUT2D eigenvalue weighted by molar-refractivity contribution is 5.98. The second-order valence-electron chi connectivity index (χ2n) is 4.10. The molecular weight excluding hydrogens is 230 g/mol. The van der Waals surface area contributed by atoms with E-state index in [1.54, 1.807) is 25.1 Å². The van der Waals surface area contributed by atoms with Crippen molar-refractivity contribution in [1.82, 2.24) is 5.32 Å². The fourth-order valence-corrected chi connectivity index (χ4v) is 1.68. The predicted molar refractivity (Wildman–Crippen MR) is 71.5 cm³/mol. The Balaban J connectivity index is 2.70. The summed E-state index contributed by atoms with van der Waals surface area (Å²) in [6.45, 7) is 2.57. The van der Waals surface area contributed by atoms with E-state index < -0.39 is 5.91 Å². The van der Waals surface area contributed by atoms with Crippen molar-refractivity contribution < 1.29 is 9.59 Å². The molecule has 5 nitrogen and oxygen atoms in total. The molecular formula is C13H19N3O2. The van der Waals surface area contributed by atoms with Crippen LogP contribution in [0.1, 0.15) is 28.8 Å². The van der Waals surface area contributed by atoms with Crippen LogP contribution in [-0.2, 0) is 4.79 Å². The Morgan fingerprint density at radius 1 is 1.33 bits per heavy atom. The molecule has 0 heterocycles. The third kappa shape index (κ3) is 3.85. The van der Waals surface area contributed by atoms with Gasteiger partial charge in [-0.15, -0.1) is 0 Å². The first-order chi connectivity index (χ1) is 8.56. The minimum atomic E-state index is -0.487. The lowest BCUT2D eigenvalue weighted by Crippen LogP contribution is -2.18. The predicted octanol–water partition coefficient (Wildman–Crippen LogP) is 1.03. The molecule has 18 heavy (non-hydrogen) atoms. The van der Waals surface area contributed by atoms with Crippen molar-refractivity contribution in [2.45, 2.75) is 19.8 Å². The third-order valence-electron chi connectivity index (χ3n) is 2.70. The van der Waals surface area contributed by atoms with Crippen LogP contribution in [-0.4, -0.2) is 25.4 Å². The first-order valence-electron chi connectivity index (χ1n) is 5.90. The number of nitrogens with one attached hydrogen (secondary N) is 2. The number of benzene rings is 1. The Hall–Kier alpha value is -1.88. The van der Waals surface area contributed by atoms with Gasteiger partial charge in [-0.2, -0.15) is 0 Å². The summed E-state index contributed by atoms with van der Waals surface area (Å²) in [5.74, 6) is -0.547. The number of rotatable bonds is 6. The second kappa shape index (κ2) is 6.76. The average Bonchev–Trinajstić information content (AvgIpc) is 2.32. The Morgan fingerprint density at radius 2 is 2.06 bits per heavy atom. The molecule has 0 radical (unpaired) electrons. The maximum Gasteiger partial charge on any atom is 0.249 e. The van der Waals surface area contributed by atoms with Gasteiger partial charge in [0.05, 0.1) is 0 Å². The summed E-state index contributed by atoms with van der Waals surface area (Å²) in [4.78, 5) is 22.8. The van der Waals surface area contributed by atoms with E-state index in [1.165, 1.54) is 0 Å². The molecule has 0 bridgehead atoms. The van der Waals surface area contributed by atoms with Crippen LogP contribution in [0.5, 0.6) is 0 Å². The van der Waals surface area contributed by atoms with Gasteiger partial charge >= 0.3 is 0 Å². The minimum absolute atomic E-state index is 0.0602. The largest absolute Gasteiger partial charge is 0.366 e. The van der Waals surface area contributed by atoms with E-state index in [-0.39, 0.29) is 5.91 Å². The Labute approximate surface area is 107 Å². The van der Waals surface area contributed by atoms with Crippen molar-refractivity contribution in [2.24, 2.45) is 5.73 Å². The molecule has 0 aromatic heterocycles. The number of hydrogen-bond donors (Lipinski definition) is 3. The lowest BCUT2D eigenvalue weighted by atomic mass is 10.1. The van der Waals surface area contributed by atoms with E-state index in [0.717, 1.165) is 13.0 Å². The van der Waals surface area contributed by atoms with Gasteiger partial charge in [-0.25, -0.2) is 0 Å². The molecule has 1 rings (SSSR count). The van der Waals surface area contributed by atoms with Gasteiger partial charge in [-0.05, 0) is 44.6 Å². The molecule has 0 aliphatic carbocycles. The van der Waals surface area contributed by atoms with Gasteiger partial charge in [-0.3, -0.25) is 9.59 Å². The van der Waals surface area contributed by atoms with E-state index >= 15 is 0 Å². The van der Waals surface area contributed by atoms with Crippen LogP contribution >= 0.6 is 0 Å². The van der Waals surface area contributed by atoms with Crippen LogP contribution in [0.2, 0.25) is 0 Å². The standard InChI is InChI=1S/C13H19N3O2/c1-9-10(13(14)18)5-3-6-11(9)16-12(17)7-4-8-15-2/h3,5-6,15H,4,7-8H2,1-2H3,(H2,14,18)(H,16,17). The number of nitrogens with two attached hydrogens (primary N) is 1. The van der Waals surface area contributed by atoms with Crippen LogP contribution in [0.25, 0.3) is 0 Å². The zero-order valence-electron chi connectivity index (χ0n) is 10.7. The van der Waals surface area contributed by atoms with Crippen LogP contribution in [0.3, 0.4) is 0 Å². The van der Waals surface area contributed by atoms with E-state index in [2.05, 4.69) is 10.6 Å². The lowest BCUT2D eigenvalue weighted by Gasteiger charge is -2.10. The molecule has 5 heteroatoms. The molecule has 4 N–H and O–H groups in total. The van der Waals surface area contributed by atoms with Crippen LogP contribution in [0.15, 0.2) is 18.2 Å². The third-order valence-corrected chi connectivity index (χ3v) is 2.70. The fourth-order valence-electron chi connectivity index (χ4n) is 1.68. The van der Waals surface area contributed by atoms with Crippen molar-refractivity contribution in [1.29, 1.82) is 0 Å². The van der Waals surface area contributed by atoms with Gasteiger partial charge < -0.3 is 16.4 Å². The Kier molecular flexibility index (Phi) is 5.32. The van der Waals surface area contributed by atoms with Gasteiger partial charge in [0.1, 0.15) is 0 Å². The summed E-state index contributed by atoms with van der Waals surface area (Å²) in [5, 5.41) is 5.77. The second-order valence-corrected chi connectivity index (χ2v) is 4.10. The molecule has 0 saturated carbocycles. The molecule has 0 saturated heterocycles. The smallest absolute Gasteiger partial charge is 0.249 e. The maximum absolute atomic E-state index is 11.7. The number of carbonyl (C=O) groups is 2. The van der Waals surface area contributed by atoms with Crippen molar-refractivity contribution in [3.8, 4) is 0 Å². The Bertz CT molecular complexity index is 444. The molecule has 0 aliphatic heterocycles. The first kappa shape index (κ1) is 14.2. The molecule has 0 spiro atoms. The molecule has 2 amide bonds. The quantitative estimate of drug-likeness (QED) is 0.658. The van der Waals surface area contributed by atoms with Gasteiger partial charge in [0.25, 0.3) is 0 Å². The Morgan fingerprint density at radius 3 is 2.67 bits per heavy atom. The van der Waals surface area contributed by atoms with E-state index in [9.17, 15) is 9.59 Å². The zero-order chi connectivity index (χ0) is 13.5. The molecule has 1 aromatic carbocycles. The molecule has 1 aromatic rings. The van der Waals surface area contributed by atoms with Gasteiger partial charge in [0.15, 0.2) is 0 Å². The highest BCUT2D eigenvalue weighted by atomic mass is 16.2.